The van der Waals surface area contributed by atoms with Gasteiger partial charge in [-0.1, -0.05) is 12.1 Å². The first-order chi connectivity index (χ1) is 10.0. The molecule has 1 aromatic carbocycles. The molecule has 0 aliphatic rings. The average molecular weight is 322 g/mol. The number of nitrogens with zero attached hydrogens (tertiary/aromatic N) is 2. The van der Waals surface area contributed by atoms with Crippen molar-refractivity contribution < 1.29 is 8.42 Å². The predicted octanol–water partition coefficient (Wildman–Crippen LogP) is 1.85. The Morgan fingerprint density at radius 2 is 2.14 bits per heavy atom. The van der Waals surface area contributed by atoms with Crippen LogP contribution in [0.1, 0.15) is 10.8 Å². The number of aryl methyl sites for hydroxylation is 1. The van der Waals surface area contributed by atoms with Crippen molar-refractivity contribution >= 4 is 32.4 Å². The lowest BCUT2D eigenvalue weighted by Crippen LogP contribution is -2.25. The summed E-state index contributed by atoms with van der Waals surface area (Å²) in [6.07, 6.45) is 1.88. The Balaban J connectivity index is 1.65. The van der Waals surface area contributed by atoms with E-state index in [0.29, 0.717) is 13.0 Å². The standard InChI is InChI=1S/C13H14N4O2S2/c1-9-14-8-13(20-9)21(18,19)15-7-6-12-16-10-4-2-3-5-11(10)17-12/h2-5,8,15H,6-7H2,1H3,(H,16,17). The van der Waals surface area contributed by atoms with Crippen LogP contribution in [-0.4, -0.2) is 29.9 Å². The minimum absolute atomic E-state index is 0.240. The van der Waals surface area contributed by atoms with Crippen LogP contribution < -0.4 is 4.72 Å². The van der Waals surface area contributed by atoms with Gasteiger partial charge < -0.3 is 4.98 Å². The Morgan fingerprint density at radius 1 is 1.33 bits per heavy atom. The molecular formula is C13H14N4O2S2. The fraction of sp³-hybridized carbons (Fsp3) is 0.231. The van der Waals surface area contributed by atoms with E-state index in [9.17, 15) is 8.42 Å². The molecule has 6 nitrogen and oxygen atoms in total. The van der Waals surface area contributed by atoms with Gasteiger partial charge in [0.15, 0.2) is 4.21 Å². The smallest absolute Gasteiger partial charge is 0.251 e. The maximum absolute atomic E-state index is 12.0. The molecular weight excluding hydrogens is 308 g/mol. The van der Waals surface area contributed by atoms with E-state index in [0.717, 1.165) is 33.2 Å². The van der Waals surface area contributed by atoms with Crippen LogP contribution in [0.3, 0.4) is 0 Å². The first-order valence-electron chi connectivity index (χ1n) is 6.40. The minimum Gasteiger partial charge on any atom is -0.342 e. The van der Waals surface area contributed by atoms with Crippen LogP contribution in [0.2, 0.25) is 0 Å². The van der Waals surface area contributed by atoms with Gasteiger partial charge >= 0.3 is 0 Å². The van der Waals surface area contributed by atoms with Gasteiger partial charge in [-0.15, -0.1) is 11.3 Å². The fourth-order valence-electron chi connectivity index (χ4n) is 1.97. The van der Waals surface area contributed by atoms with Crippen LogP contribution in [0.5, 0.6) is 0 Å². The summed E-state index contributed by atoms with van der Waals surface area (Å²) in [5.74, 6) is 0.763. The van der Waals surface area contributed by atoms with Crippen molar-refractivity contribution in [3.05, 3.63) is 41.3 Å². The number of thiazole rings is 1. The van der Waals surface area contributed by atoms with Gasteiger partial charge in [-0.05, 0) is 19.1 Å². The zero-order valence-electron chi connectivity index (χ0n) is 11.3. The molecule has 110 valence electrons. The summed E-state index contributed by atoms with van der Waals surface area (Å²) in [6.45, 7) is 2.07. The molecule has 0 aliphatic carbocycles. The molecule has 2 heterocycles. The zero-order chi connectivity index (χ0) is 14.9. The number of para-hydroxylation sites is 2. The molecule has 0 saturated heterocycles. The van der Waals surface area contributed by atoms with Gasteiger partial charge in [-0.3, -0.25) is 0 Å². The summed E-state index contributed by atoms with van der Waals surface area (Å²) in [7, 11) is -3.48. The van der Waals surface area contributed by atoms with Crippen molar-refractivity contribution in [3.63, 3.8) is 0 Å². The highest BCUT2D eigenvalue weighted by Gasteiger charge is 2.16. The number of imidazole rings is 1. The molecule has 0 saturated carbocycles. The zero-order valence-corrected chi connectivity index (χ0v) is 13.0. The van der Waals surface area contributed by atoms with Crippen molar-refractivity contribution in [3.8, 4) is 0 Å². The molecule has 0 atom stereocenters. The highest BCUT2D eigenvalue weighted by molar-refractivity contribution is 7.91. The molecule has 21 heavy (non-hydrogen) atoms. The molecule has 2 aromatic heterocycles. The van der Waals surface area contributed by atoms with Crippen molar-refractivity contribution in [1.29, 1.82) is 0 Å². The van der Waals surface area contributed by atoms with E-state index in [1.807, 2.05) is 24.3 Å². The number of sulfonamides is 1. The Morgan fingerprint density at radius 3 is 2.86 bits per heavy atom. The number of aromatic amines is 1. The maximum atomic E-state index is 12.0. The van der Waals surface area contributed by atoms with E-state index in [1.54, 1.807) is 6.92 Å². The number of fused-ring (bicyclic) bond motifs is 1. The molecule has 0 aliphatic heterocycles. The molecule has 0 amide bonds. The van der Waals surface area contributed by atoms with Crippen molar-refractivity contribution in [1.82, 2.24) is 19.7 Å². The Labute approximate surface area is 126 Å². The van der Waals surface area contributed by atoms with Crippen LogP contribution >= 0.6 is 11.3 Å². The monoisotopic (exact) mass is 322 g/mol. The summed E-state index contributed by atoms with van der Waals surface area (Å²) < 4.78 is 26.9. The number of benzene rings is 1. The maximum Gasteiger partial charge on any atom is 0.251 e. The van der Waals surface area contributed by atoms with Crippen LogP contribution in [0.4, 0.5) is 0 Å². The number of H-pyrrole nitrogens is 1. The molecule has 8 heteroatoms. The number of rotatable bonds is 5. The number of hydrogen-bond donors (Lipinski definition) is 2. The lowest BCUT2D eigenvalue weighted by atomic mass is 10.3. The number of nitrogens with one attached hydrogen (secondary N) is 2. The van der Waals surface area contributed by atoms with Crippen LogP contribution in [0, 0.1) is 6.92 Å². The normalized spacial score (nSPS) is 12.0. The molecule has 0 fully saturated rings. The predicted molar refractivity (Wildman–Crippen MR) is 81.8 cm³/mol. The van der Waals surface area contributed by atoms with Gasteiger partial charge in [-0.25, -0.2) is 23.1 Å². The van der Waals surface area contributed by atoms with E-state index in [2.05, 4.69) is 19.7 Å². The van der Waals surface area contributed by atoms with Gasteiger partial charge in [0.1, 0.15) is 5.82 Å². The SMILES string of the molecule is Cc1ncc(S(=O)(=O)NCCc2nc3ccccc3[nH]2)s1. The Kier molecular flexibility index (Phi) is 3.75. The molecule has 0 radical (unpaired) electrons. The van der Waals surface area contributed by atoms with Gasteiger partial charge in [0.05, 0.1) is 22.2 Å². The average Bonchev–Trinajstić information content (AvgIpc) is 3.04. The Bertz CT molecular complexity index is 834. The third-order valence-electron chi connectivity index (χ3n) is 2.96. The van der Waals surface area contributed by atoms with Crippen molar-refractivity contribution in [2.45, 2.75) is 17.6 Å². The number of hydrogen-bond acceptors (Lipinski definition) is 5. The molecule has 0 bridgehead atoms. The van der Waals surface area contributed by atoms with Gasteiger partial charge in [0.2, 0.25) is 0 Å². The van der Waals surface area contributed by atoms with Crippen LogP contribution in [-0.2, 0) is 16.4 Å². The summed E-state index contributed by atoms with van der Waals surface area (Å²) in [5, 5.41) is 0.729. The lowest BCUT2D eigenvalue weighted by molar-refractivity contribution is 0.583. The second kappa shape index (κ2) is 5.55. The third kappa shape index (κ3) is 3.12. The van der Waals surface area contributed by atoms with Gasteiger partial charge in [0.25, 0.3) is 10.0 Å². The second-order valence-electron chi connectivity index (χ2n) is 4.55. The fourth-order valence-corrected chi connectivity index (χ4v) is 4.15. The van der Waals surface area contributed by atoms with E-state index in [-0.39, 0.29) is 4.21 Å². The molecule has 3 rings (SSSR count). The minimum atomic E-state index is -3.48. The second-order valence-corrected chi connectivity index (χ2v) is 7.78. The van der Waals surface area contributed by atoms with E-state index in [1.165, 1.54) is 6.20 Å². The molecule has 0 spiro atoms. The summed E-state index contributed by atoms with van der Waals surface area (Å²) in [4.78, 5) is 11.5. The summed E-state index contributed by atoms with van der Waals surface area (Å²) >= 11 is 1.16. The highest BCUT2D eigenvalue weighted by Crippen LogP contribution is 2.17. The number of aromatic nitrogens is 3. The van der Waals surface area contributed by atoms with Crippen LogP contribution in [0.15, 0.2) is 34.7 Å². The van der Waals surface area contributed by atoms with E-state index < -0.39 is 10.0 Å². The summed E-state index contributed by atoms with van der Waals surface area (Å²) in [5.41, 5.74) is 1.84. The molecule has 3 aromatic rings. The first-order valence-corrected chi connectivity index (χ1v) is 8.70. The molecule has 2 N–H and O–H groups in total. The third-order valence-corrected chi connectivity index (χ3v) is 5.79. The Hall–Kier alpha value is -1.77. The van der Waals surface area contributed by atoms with Crippen molar-refractivity contribution in [2.75, 3.05) is 6.54 Å². The quantitative estimate of drug-likeness (QED) is 0.750. The topological polar surface area (TPSA) is 87.7 Å². The van der Waals surface area contributed by atoms with Crippen LogP contribution in [0.25, 0.3) is 11.0 Å². The lowest BCUT2D eigenvalue weighted by Gasteiger charge is -2.02. The molecule has 0 unspecified atom stereocenters. The van der Waals surface area contributed by atoms with E-state index in [4.69, 9.17) is 0 Å². The van der Waals surface area contributed by atoms with Gasteiger partial charge in [0, 0.05) is 13.0 Å². The van der Waals surface area contributed by atoms with Crippen molar-refractivity contribution in [2.24, 2.45) is 0 Å². The summed E-state index contributed by atoms with van der Waals surface area (Å²) in [6, 6.07) is 7.70. The highest BCUT2D eigenvalue weighted by atomic mass is 32.2. The van der Waals surface area contributed by atoms with Gasteiger partial charge in [-0.2, -0.15) is 0 Å². The largest absolute Gasteiger partial charge is 0.342 e. The first kappa shape index (κ1) is 14.2. The van der Waals surface area contributed by atoms with E-state index >= 15 is 0 Å².